The second-order valence-electron chi connectivity index (χ2n) is 18.5. The van der Waals surface area contributed by atoms with Crippen LogP contribution in [0.2, 0.25) is 22.5 Å². The Kier molecular flexibility index (Phi) is 33.5. The van der Waals surface area contributed by atoms with Crippen LogP contribution in [0.5, 0.6) is 0 Å². The van der Waals surface area contributed by atoms with Gasteiger partial charge in [0, 0.05) is 49.3 Å². The topological polar surface area (TPSA) is 291 Å². The molecule has 1 atom stereocenters. The number of thiophene rings is 4. The van der Waals surface area contributed by atoms with Gasteiger partial charge in [0.1, 0.15) is 22.7 Å². The van der Waals surface area contributed by atoms with Crippen LogP contribution in [0.15, 0.2) is 98.7 Å². The zero-order valence-electron chi connectivity index (χ0n) is 49.8. The minimum Gasteiger partial charge on any atom is -0.478 e. The predicted molar refractivity (Wildman–Crippen MR) is 379 cm³/mol. The average Bonchev–Trinajstić information content (AvgIpc) is 1.40. The van der Waals surface area contributed by atoms with E-state index in [2.05, 4.69) is 63.7 Å². The van der Waals surface area contributed by atoms with Gasteiger partial charge in [0.25, 0.3) is 5.56 Å². The highest BCUT2D eigenvalue weighted by Crippen LogP contribution is 2.33. The number of H-pyrrole nitrogens is 1. The SMILES string of the molecule is CCOC(=O)C(CC)C(C)=O.CCc1c(C)nc(-c2ccc(Cl)s2)[nH]c1=O.CCc1c(C)nc(-c2ccc(Cl)s2)nc1Cc1ccc(Br)c(C(=O)O)c1.CCc1c(C)nc(-c2ccc(Cl)s2)nc1Cl.Cl.N=C(N)c1ccc(Cl)s1.Nc1ccc(Br)c(C(=O)O)c1. The van der Waals surface area contributed by atoms with Crippen molar-refractivity contribution in [2.45, 2.75) is 94.4 Å². The zero-order valence-corrected chi connectivity index (χ0v) is 60.9. The fourth-order valence-corrected chi connectivity index (χ4v) is 13.0. The highest BCUT2D eigenvalue weighted by Gasteiger charge is 2.22. The van der Waals surface area contributed by atoms with Gasteiger partial charge in [-0.15, -0.1) is 57.8 Å². The van der Waals surface area contributed by atoms with E-state index in [0.29, 0.717) is 76.1 Å². The van der Waals surface area contributed by atoms with E-state index in [4.69, 9.17) is 89.7 Å². The Morgan fingerprint density at radius 3 is 1.50 bits per heavy atom. The molecule has 2 aromatic carbocycles. The molecule has 0 amide bonds. The molecule has 0 fully saturated rings. The molecule has 7 heterocycles. The van der Waals surface area contributed by atoms with E-state index in [0.717, 1.165) is 81.7 Å². The third-order valence-corrected chi connectivity index (χ3v) is 19.0. The lowest BCUT2D eigenvalue weighted by molar-refractivity contribution is -0.151. The Hall–Kier alpha value is -5.67. The van der Waals surface area contributed by atoms with Crippen molar-refractivity contribution in [3.63, 3.8) is 0 Å². The number of aryl methyl sites for hydroxylation is 3. The predicted octanol–water partition coefficient (Wildman–Crippen LogP) is 18.2. The first-order chi connectivity index (χ1) is 42.0. The number of Topliss-reactive ketones (excluding diaryl/α,β-unsaturated/α-hetero) is 1. The van der Waals surface area contributed by atoms with E-state index in [1.165, 1.54) is 58.3 Å². The number of rotatable bonds is 15. The summed E-state index contributed by atoms with van der Waals surface area (Å²) in [6.45, 7) is 17.1. The number of hydrogen-bond donors (Lipinski definition) is 6. The van der Waals surface area contributed by atoms with Crippen molar-refractivity contribution in [3.8, 4) is 32.1 Å². The fraction of sp³-hybridized carbons (Fsp3) is 0.262. The minimum atomic E-state index is -0.982. The van der Waals surface area contributed by atoms with Gasteiger partial charge in [0.05, 0.1) is 60.3 Å². The maximum Gasteiger partial charge on any atom is 0.336 e. The molecule has 0 aliphatic heterocycles. The third-order valence-electron chi connectivity index (χ3n) is 12.3. The Balaban J connectivity index is 0.000000293. The quantitative estimate of drug-likeness (QED) is 0.0139. The van der Waals surface area contributed by atoms with Gasteiger partial charge < -0.3 is 31.4 Å². The first-order valence-corrected chi connectivity index (χ1v) is 33.6. The summed E-state index contributed by atoms with van der Waals surface area (Å²) in [5, 5.41) is 25.4. The Morgan fingerprint density at radius 2 is 1.10 bits per heavy atom. The molecule has 0 saturated heterocycles. The van der Waals surface area contributed by atoms with E-state index < -0.39 is 23.8 Å². The monoisotopic (exact) mass is 1550 g/mol. The van der Waals surface area contributed by atoms with Crippen LogP contribution in [-0.2, 0) is 40.0 Å². The van der Waals surface area contributed by atoms with Gasteiger partial charge in [-0.25, -0.2) is 34.5 Å². The summed E-state index contributed by atoms with van der Waals surface area (Å²) >= 11 is 41.4. The lowest BCUT2D eigenvalue weighted by Gasteiger charge is -2.12. The number of nitrogens with two attached hydrogens (primary N) is 2. The molecule has 0 saturated carbocycles. The van der Waals surface area contributed by atoms with Crippen LogP contribution in [0.1, 0.15) is 119 Å². The molecule has 7 aromatic heterocycles. The number of nitrogens with one attached hydrogen (secondary N) is 2. The number of ketones is 1. The fourth-order valence-electron chi connectivity index (χ4n) is 7.97. The highest BCUT2D eigenvalue weighted by molar-refractivity contribution is 9.10. The average molecular weight is 1550 g/mol. The van der Waals surface area contributed by atoms with Crippen molar-refractivity contribution in [2.24, 2.45) is 11.7 Å². The lowest BCUT2D eigenvalue weighted by atomic mass is 10.0. The van der Waals surface area contributed by atoms with Crippen LogP contribution >= 0.6 is 148 Å². The number of hydrogen-bond acceptors (Lipinski definition) is 17. The van der Waals surface area contributed by atoms with Gasteiger partial charge >= 0.3 is 17.9 Å². The van der Waals surface area contributed by atoms with Gasteiger partial charge in [0.2, 0.25) is 0 Å². The summed E-state index contributed by atoms with van der Waals surface area (Å²) in [6.07, 6.45) is 3.42. The molecule has 8 N–H and O–H groups in total. The van der Waals surface area contributed by atoms with Crippen molar-refractivity contribution in [2.75, 3.05) is 12.3 Å². The maximum atomic E-state index is 11.7. The third kappa shape index (κ3) is 23.8. The van der Waals surface area contributed by atoms with Crippen LogP contribution < -0.4 is 17.0 Å². The van der Waals surface area contributed by atoms with Crippen LogP contribution in [0.25, 0.3) is 32.1 Å². The minimum absolute atomic E-state index is 0. The van der Waals surface area contributed by atoms with Crippen molar-refractivity contribution in [1.29, 1.82) is 5.41 Å². The molecule has 0 bridgehead atoms. The molecule has 9 rings (SSSR count). The number of nitrogens with zero attached hydrogens (tertiary/aromatic N) is 5. The molecule has 0 spiro atoms. The van der Waals surface area contributed by atoms with E-state index in [9.17, 15) is 29.1 Å². The van der Waals surface area contributed by atoms with Crippen molar-refractivity contribution in [3.05, 3.63) is 188 Å². The smallest absolute Gasteiger partial charge is 0.336 e. The number of carbonyl (C=O) groups excluding carboxylic acids is 2. The molecule has 29 heteroatoms. The van der Waals surface area contributed by atoms with E-state index in [-0.39, 0.29) is 40.7 Å². The summed E-state index contributed by atoms with van der Waals surface area (Å²) in [5.74, 6) is -1.04. The number of ether oxygens (including phenoxy) is 1. The van der Waals surface area contributed by atoms with Gasteiger partial charge in [-0.1, -0.05) is 91.8 Å². The van der Waals surface area contributed by atoms with Crippen molar-refractivity contribution in [1.82, 2.24) is 29.9 Å². The first-order valence-electron chi connectivity index (χ1n) is 26.9. The number of halogens is 8. The Morgan fingerprint density at radius 1 is 0.633 bits per heavy atom. The number of carbonyl (C=O) groups is 4. The number of aromatic amines is 1. The van der Waals surface area contributed by atoms with Crippen LogP contribution in [0, 0.1) is 32.1 Å². The number of aromatic carboxylic acids is 2. The number of esters is 1. The summed E-state index contributed by atoms with van der Waals surface area (Å²) in [7, 11) is 0. The number of carboxylic acids is 2. The summed E-state index contributed by atoms with van der Waals surface area (Å²) < 4.78 is 8.59. The van der Waals surface area contributed by atoms with Crippen LogP contribution in [-0.4, -0.2) is 76.3 Å². The molecule has 17 nitrogen and oxygen atoms in total. The van der Waals surface area contributed by atoms with Gasteiger partial charge in [0.15, 0.2) is 17.5 Å². The number of amidine groups is 1. The molecular formula is C61H63Br2Cl6N9O8S4. The molecule has 9 aromatic rings. The Bertz CT molecular complexity index is 3990. The number of aromatic nitrogens is 6. The lowest BCUT2D eigenvalue weighted by Crippen LogP contribution is -2.23. The van der Waals surface area contributed by atoms with Crippen LogP contribution in [0.4, 0.5) is 5.69 Å². The Labute approximate surface area is 585 Å². The molecule has 0 radical (unpaired) electrons. The maximum absolute atomic E-state index is 11.7. The summed E-state index contributed by atoms with van der Waals surface area (Å²) in [5.41, 5.74) is 18.7. The standard InChI is InChI=1S/C19H16BrClN2O2S.C11H10Cl2N2S.C11H11ClN2OS.C8H14O3.C7H6BrNO2.C5H5ClN2S.ClH/c1-3-12-10(2)22-18(16-6-7-17(21)26-16)23-15(12)9-11-4-5-14(20)13(8-11)19(24)25;1-3-7-6(2)14-11(15-10(7)13)8-4-5-9(12)16-8;1-3-7-6(2)13-10(14-11(7)15)8-4-5-9(12)16-8;1-4-7(6(3)9)8(10)11-5-2;8-6-2-1-4(9)3-5(6)7(10)11;6-4-2-1-3(9-4)5(7)8;/h4-8H,3,9H2,1-2H3,(H,24,25);4-5H,3H2,1-2H3;4-5H,3H2,1-2H3,(H,13,14,15);7H,4-5H2,1-3H3;1-3H,9H2,(H,10,11);1-2H,(H3,7,8);1H. The second-order valence-corrected chi connectivity index (χ2v) is 27.4. The van der Waals surface area contributed by atoms with E-state index in [1.54, 1.807) is 56.3 Å². The molecule has 0 aliphatic rings. The summed E-state index contributed by atoms with van der Waals surface area (Å²) in [4.78, 5) is 84.1. The van der Waals surface area contributed by atoms with Crippen molar-refractivity contribution >= 4 is 183 Å². The number of nitrogen functional groups attached to an aromatic ring is 2. The largest absolute Gasteiger partial charge is 0.478 e. The number of benzene rings is 2. The van der Waals surface area contributed by atoms with Gasteiger partial charge in [-0.3, -0.25) is 19.8 Å². The number of carboxylic acid groups (broad SMARTS) is 2. The van der Waals surface area contributed by atoms with Gasteiger partial charge in [-0.2, -0.15) is 0 Å². The second kappa shape index (κ2) is 38.4. The summed E-state index contributed by atoms with van der Waals surface area (Å²) in [6, 6.07) is 24.6. The molecule has 90 heavy (non-hydrogen) atoms. The first kappa shape index (κ1) is 78.6. The van der Waals surface area contributed by atoms with E-state index >= 15 is 0 Å². The zero-order chi connectivity index (χ0) is 66.4. The van der Waals surface area contributed by atoms with Crippen LogP contribution in [0.3, 0.4) is 0 Å². The molecule has 480 valence electrons. The number of anilines is 1. The molecular weight excluding hydrogens is 1490 g/mol. The molecule has 1 unspecified atom stereocenters. The molecule has 0 aliphatic carbocycles. The van der Waals surface area contributed by atoms with E-state index in [1.807, 2.05) is 71.0 Å². The van der Waals surface area contributed by atoms with Crippen molar-refractivity contribution < 1.29 is 34.1 Å². The normalized spacial score (nSPS) is 10.6. The van der Waals surface area contributed by atoms with Gasteiger partial charge in [-0.05, 0) is 182 Å². The highest BCUT2D eigenvalue weighted by atomic mass is 79.9.